The summed E-state index contributed by atoms with van der Waals surface area (Å²) in [5, 5.41) is 1.75. The molecule has 0 saturated heterocycles. The third kappa shape index (κ3) is 1.79. The molecule has 110 valence electrons. The second kappa shape index (κ2) is 4.29. The Morgan fingerprint density at radius 1 is 1.14 bits per heavy atom. The summed E-state index contributed by atoms with van der Waals surface area (Å²) in [7, 11) is -2.36. The Hall–Kier alpha value is -1.91. The molecule has 0 amide bonds. The molecule has 0 fully saturated rings. The van der Waals surface area contributed by atoms with E-state index in [-0.39, 0.29) is 22.8 Å². The number of ketones is 2. The maximum atomic E-state index is 12.7. The maximum Gasteiger partial charge on any atom is 0.403 e. The number of hydrogen-bond acceptors (Lipinski definition) is 6. The molecule has 0 bridgehead atoms. The first-order valence-corrected chi connectivity index (χ1v) is 7.91. The predicted molar refractivity (Wildman–Crippen MR) is 75.0 cm³/mol. The van der Waals surface area contributed by atoms with E-state index in [2.05, 4.69) is 5.32 Å². The number of allylic oxidation sites excluding steroid dienone is 2. The number of carbonyl (C=O) groups excluding carboxylic acids is 2. The Morgan fingerprint density at radius 3 is 2.29 bits per heavy atom. The van der Waals surface area contributed by atoms with E-state index >= 15 is 0 Å². The van der Waals surface area contributed by atoms with Crippen LogP contribution in [0.4, 0.5) is 0 Å². The number of fused-ring (bicyclic) bond motifs is 1. The molecule has 0 aromatic heterocycles. The van der Waals surface area contributed by atoms with Gasteiger partial charge >= 0.3 is 7.60 Å². The Morgan fingerprint density at radius 2 is 1.71 bits per heavy atom. The van der Waals surface area contributed by atoms with Crippen molar-refractivity contribution in [2.75, 3.05) is 7.11 Å². The van der Waals surface area contributed by atoms with Crippen LogP contribution in [0.25, 0.3) is 0 Å². The van der Waals surface area contributed by atoms with Gasteiger partial charge < -0.3 is 14.4 Å². The molecule has 1 aliphatic carbocycles. The summed E-state index contributed by atoms with van der Waals surface area (Å²) < 4.78 is 23.0. The zero-order chi connectivity index (χ0) is 15.4. The first-order valence-electron chi connectivity index (χ1n) is 6.37. The van der Waals surface area contributed by atoms with E-state index < -0.39 is 18.7 Å². The molecule has 7 heteroatoms. The summed E-state index contributed by atoms with van der Waals surface area (Å²) in [5.41, 5.74) is 0.583. The minimum Gasteiger partial charge on any atom is -0.416 e. The molecule has 3 rings (SSSR count). The molecular weight excluding hydrogens is 293 g/mol. The Kier molecular flexibility index (Phi) is 2.87. The van der Waals surface area contributed by atoms with E-state index in [1.165, 1.54) is 7.11 Å². The van der Waals surface area contributed by atoms with Crippen LogP contribution >= 0.6 is 7.60 Å². The summed E-state index contributed by atoms with van der Waals surface area (Å²) >= 11 is 0. The average Bonchev–Trinajstić information content (AvgIpc) is 2.47. The van der Waals surface area contributed by atoms with Crippen LogP contribution in [0.1, 0.15) is 34.6 Å². The highest BCUT2D eigenvalue weighted by Crippen LogP contribution is 2.62. The van der Waals surface area contributed by atoms with Crippen molar-refractivity contribution in [3.8, 4) is 0 Å². The highest BCUT2D eigenvalue weighted by atomic mass is 31.2. The van der Waals surface area contributed by atoms with Crippen LogP contribution in [-0.4, -0.2) is 24.0 Å². The molecule has 0 spiro atoms. The molecule has 1 heterocycles. The fraction of sp³-hybridized carbons (Fsp3) is 0.286. The first kappa shape index (κ1) is 14.0. The van der Waals surface area contributed by atoms with Crippen molar-refractivity contribution in [3.05, 3.63) is 46.8 Å². The smallest absolute Gasteiger partial charge is 0.403 e. The first-order chi connectivity index (χ1) is 9.81. The van der Waals surface area contributed by atoms with Gasteiger partial charge in [-0.05, 0) is 13.8 Å². The highest BCUT2D eigenvalue weighted by molar-refractivity contribution is 7.55. The fourth-order valence-electron chi connectivity index (χ4n) is 2.43. The van der Waals surface area contributed by atoms with Crippen molar-refractivity contribution in [1.29, 1.82) is 0 Å². The monoisotopic (exact) mass is 307 g/mol. The van der Waals surface area contributed by atoms with Gasteiger partial charge in [0.25, 0.3) is 0 Å². The van der Waals surface area contributed by atoms with Gasteiger partial charge in [-0.2, -0.15) is 0 Å². The van der Waals surface area contributed by atoms with Crippen LogP contribution in [0.3, 0.4) is 0 Å². The number of rotatable bonds is 1. The second-order valence-corrected chi connectivity index (χ2v) is 8.02. The molecule has 1 aromatic carbocycles. The van der Waals surface area contributed by atoms with Crippen LogP contribution in [0, 0.1) is 0 Å². The lowest BCUT2D eigenvalue weighted by molar-refractivity contribution is 0.0900. The summed E-state index contributed by atoms with van der Waals surface area (Å²) in [4.78, 5) is 25.0. The summed E-state index contributed by atoms with van der Waals surface area (Å²) in [5.74, 6) is -1.06. The van der Waals surface area contributed by atoms with Gasteiger partial charge in [0.2, 0.25) is 17.3 Å². The number of Topliss-reactive ketones (excluding diaryl/α,β-unsaturated/α-hetero) is 2. The molecule has 1 N–H and O–H groups in total. The van der Waals surface area contributed by atoms with Crippen molar-refractivity contribution in [3.63, 3.8) is 0 Å². The van der Waals surface area contributed by atoms with E-state index in [9.17, 15) is 14.2 Å². The van der Waals surface area contributed by atoms with Crippen LogP contribution < -0.4 is 5.32 Å². The largest absolute Gasteiger partial charge is 0.416 e. The van der Waals surface area contributed by atoms with Gasteiger partial charge in [0.1, 0.15) is 11.0 Å². The van der Waals surface area contributed by atoms with E-state index in [0.717, 1.165) is 0 Å². The molecule has 2 aliphatic rings. The Labute approximate surface area is 121 Å². The molecule has 0 saturated carbocycles. The average molecular weight is 307 g/mol. The van der Waals surface area contributed by atoms with Crippen molar-refractivity contribution < 1.29 is 23.2 Å². The zero-order valence-electron chi connectivity index (χ0n) is 11.8. The standard InChI is InChI=1S/C14H14NO5P/c1-14(2)15-10-11(16)8-6-4-5-7-9(8)12(17)13(10)20-21(14,18)19-3/h4-7,15H,1-3H3. The van der Waals surface area contributed by atoms with Gasteiger partial charge in [-0.15, -0.1) is 0 Å². The number of carbonyl (C=O) groups is 2. The molecule has 21 heavy (non-hydrogen) atoms. The van der Waals surface area contributed by atoms with Gasteiger partial charge in [0.05, 0.1) is 0 Å². The minimum absolute atomic E-state index is 0.0345. The van der Waals surface area contributed by atoms with Gasteiger partial charge in [-0.1, -0.05) is 24.3 Å². The SMILES string of the molecule is COP1(=O)OC2=C(NC1(C)C)C(=O)c1ccccc1C2=O. The normalized spacial score (nSPS) is 26.6. The van der Waals surface area contributed by atoms with Crippen molar-refractivity contribution in [2.24, 2.45) is 0 Å². The number of benzene rings is 1. The predicted octanol–water partition coefficient (Wildman–Crippen LogP) is 2.47. The molecule has 1 aliphatic heterocycles. The number of nitrogens with one attached hydrogen (secondary N) is 1. The van der Waals surface area contributed by atoms with Crippen LogP contribution in [0.2, 0.25) is 0 Å². The second-order valence-electron chi connectivity index (χ2n) is 5.36. The molecule has 6 nitrogen and oxygen atoms in total. The highest BCUT2D eigenvalue weighted by Gasteiger charge is 2.53. The fourth-order valence-corrected chi connectivity index (χ4v) is 3.85. The molecule has 1 unspecified atom stereocenters. The minimum atomic E-state index is -3.60. The van der Waals surface area contributed by atoms with E-state index in [1.807, 2.05) is 0 Å². The van der Waals surface area contributed by atoms with E-state index in [4.69, 9.17) is 9.05 Å². The third-order valence-corrected chi connectivity index (χ3v) is 6.03. The van der Waals surface area contributed by atoms with Crippen molar-refractivity contribution >= 4 is 19.2 Å². The Bertz CT molecular complexity index is 749. The van der Waals surface area contributed by atoms with Crippen molar-refractivity contribution in [1.82, 2.24) is 5.32 Å². The molecule has 1 atom stereocenters. The van der Waals surface area contributed by atoms with Crippen LogP contribution in [0.5, 0.6) is 0 Å². The van der Waals surface area contributed by atoms with Crippen LogP contribution in [0.15, 0.2) is 35.7 Å². The van der Waals surface area contributed by atoms with Crippen LogP contribution in [-0.2, 0) is 13.6 Å². The zero-order valence-corrected chi connectivity index (χ0v) is 12.7. The lowest BCUT2D eigenvalue weighted by Crippen LogP contribution is -2.47. The lowest BCUT2D eigenvalue weighted by Gasteiger charge is -2.40. The van der Waals surface area contributed by atoms with Gasteiger partial charge in [0, 0.05) is 18.2 Å². The quantitative estimate of drug-likeness (QED) is 0.803. The number of hydrogen-bond donors (Lipinski definition) is 1. The Balaban J connectivity index is 2.19. The molecule has 1 aromatic rings. The third-order valence-electron chi connectivity index (χ3n) is 3.64. The molecular formula is C14H14NO5P. The van der Waals surface area contributed by atoms with E-state index in [1.54, 1.807) is 38.1 Å². The van der Waals surface area contributed by atoms with Gasteiger partial charge in [-0.25, -0.2) is 4.57 Å². The topological polar surface area (TPSA) is 81.7 Å². The van der Waals surface area contributed by atoms with Gasteiger partial charge in [0.15, 0.2) is 0 Å². The molecule has 0 radical (unpaired) electrons. The summed E-state index contributed by atoms with van der Waals surface area (Å²) in [6, 6.07) is 6.47. The summed E-state index contributed by atoms with van der Waals surface area (Å²) in [6.07, 6.45) is 0. The van der Waals surface area contributed by atoms with Crippen molar-refractivity contribution in [2.45, 2.75) is 19.1 Å². The summed E-state index contributed by atoms with van der Waals surface area (Å²) in [6.45, 7) is 3.19. The maximum absolute atomic E-state index is 12.7. The van der Waals surface area contributed by atoms with Gasteiger partial charge in [-0.3, -0.25) is 9.59 Å². The lowest BCUT2D eigenvalue weighted by atomic mass is 9.91. The van der Waals surface area contributed by atoms with E-state index in [0.29, 0.717) is 5.56 Å².